The summed E-state index contributed by atoms with van der Waals surface area (Å²) >= 11 is 5.95. The minimum Gasteiger partial charge on any atom is -0.455 e. The van der Waals surface area contributed by atoms with E-state index in [1.54, 1.807) is 37.3 Å². The Balaban J connectivity index is 1.72. The Morgan fingerprint density at radius 2 is 1.69 bits per heavy atom. The quantitative estimate of drug-likeness (QED) is 0.284. The molecule has 0 radical (unpaired) electrons. The molecule has 32 heavy (non-hydrogen) atoms. The molecule has 4 aromatic rings. The average Bonchev–Trinajstić information content (AvgIpc) is 2.81. The Hall–Kier alpha value is -3.70. The molecule has 6 heteroatoms. The summed E-state index contributed by atoms with van der Waals surface area (Å²) in [6.07, 6.45) is -1.05. The van der Waals surface area contributed by atoms with E-state index in [4.69, 9.17) is 20.8 Å². The van der Waals surface area contributed by atoms with Gasteiger partial charge in [-0.15, -0.1) is 0 Å². The predicted octanol–water partition coefficient (Wildman–Crippen LogP) is 5.85. The standard InChI is InChI=1S/C26H19ClO5/c1-15-22(28)20-12-7-13-21(25(20)32-24(15)17-8-4-3-5-9-17)26(30)31-16(2)23(29)18-10-6-11-19(27)14-18/h3-14,16H,1-2H3. The largest absolute Gasteiger partial charge is 0.455 e. The van der Waals surface area contributed by atoms with Crippen molar-refractivity contribution >= 4 is 34.3 Å². The normalized spacial score (nSPS) is 11.8. The number of benzene rings is 3. The molecule has 0 fully saturated rings. The maximum atomic E-state index is 13.0. The van der Waals surface area contributed by atoms with Crippen molar-refractivity contribution in [2.45, 2.75) is 20.0 Å². The number of ether oxygens (including phenoxy) is 1. The van der Waals surface area contributed by atoms with E-state index in [1.807, 2.05) is 30.3 Å². The van der Waals surface area contributed by atoms with E-state index < -0.39 is 12.1 Å². The molecule has 1 atom stereocenters. The molecule has 0 aliphatic rings. The van der Waals surface area contributed by atoms with Gasteiger partial charge in [0.2, 0.25) is 5.78 Å². The average molecular weight is 447 g/mol. The Morgan fingerprint density at radius 1 is 0.969 bits per heavy atom. The minimum atomic E-state index is -1.05. The second-order valence-electron chi connectivity index (χ2n) is 7.36. The number of ketones is 1. The van der Waals surface area contributed by atoms with E-state index in [2.05, 4.69) is 0 Å². The van der Waals surface area contributed by atoms with E-state index in [0.717, 1.165) is 5.56 Å². The molecule has 0 saturated heterocycles. The lowest BCUT2D eigenvalue weighted by atomic mass is 10.0. The SMILES string of the molecule is Cc1c(-c2ccccc2)oc2c(C(=O)OC(C)C(=O)c3cccc(Cl)c3)cccc2c1=O. The van der Waals surface area contributed by atoms with E-state index >= 15 is 0 Å². The van der Waals surface area contributed by atoms with Gasteiger partial charge in [0.15, 0.2) is 17.1 Å². The first-order valence-corrected chi connectivity index (χ1v) is 10.4. The summed E-state index contributed by atoms with van der Waals surface area (Å²) in [6, 6.07) is 20.3. The molecule has 0 spiro atoms. The van der Waals surface area contributed by atoms with Crippen LogP contribution in [0.4, 0.5) is 0 Å². The van der Waals surface area contributed by atoms with Gasteiger partial charge in [0.1, 0.15) is 11.3 Å². The number of hydrogen-bond acceptors (Lipinski definition) is 5. The third kappa shape index (κ3) is 4.07. The number of carbonyl (C=O) groups excluding carboxylic acids is 2. The van der Waals surface area contributed by atoms with Crippen LogP contribution < -0.4 is 5.43 Å². The molecule has 4 rings (SSSR count). The van der Waals surface area contributed by atoms with E-state index in [0.29, 0.717) is 21.9 Å². The van der Waals surface area contributed by atoms with Crippen molar-refractivity contribution in [3.63, 3.8) is 0 Å². The van der Waals surface area contributed by atoms with Gasteiger partial charge in [0.25, 0.3) is 0 Å². The maximum Gasteiger partial charge on any atom is 0.342 e. The van der Waals surface area contributed by atoms with E-state index in [1.165, 1.54) is 19.1 Å². The molecule has 1 aromatic heterocycles. The first-order valence-electron chi connectivity index (χ1n) is 9.99. The van der Waals surface area contributed by atoms with Gasteiger partial charge in [0.05, 0.1) is 5.39 Å². The van der Waals surface area contributed by atoms with Gasteiger partial charge < -0.3 is 9.15 Å². The zero-order chi connectivity index (χ0) is 22.8. The summed E-state index contributed by atoms with van der Waals surface area (Å²) in [5.41, 5.74) is 1.46. The molecule has 0 aliphatic carbocycles. The van der Waals surface area contributed by atoms with Crippen LogP contribution in [-0.4, -0.2) is 17.9 Å². The zero-order valence-electron chi connectivity index (χ0n) is 17.4. The minimum absolute atomic E-state index is 0.0718. The molecular weight excluding hydrogens is 428 g/mol. The topological polar surface area (TPSA) is 73.6 Å². The van der Waals surface area contributed by atoms with Gasteiger partial charge in [-0.1, -0.05) is 60.1 Å². The lowest BCUT2D eigenvalue weighted by Crippen LogP contribution is -2.24. The number of halogens is 1. The summed E-state index contributed by atoms with van der Waals surface area (Å²) in [4.78, 5) is 38.6. The first kappa shape index (κ1) is 21.5. The number of hydrogen-bond donors (Lipinski definition) is 0. The molecule has 160 valence electrons. The summed E-state index contributed by atoms with van der Waals surface area (Å²) in [6.45, 7) is 3.17. The van der Waals surface area contributed by atoms with Crippen molar-refractivity contribution in [2.24, 2.45) is 0 Å². The molecule has 0 aliphatic heterocycles. The summed E-state index contributed by atoms with van der Waals surface area (Å²) in [7, 11) is 0. The van der Waals surface area contributed by atoms with Gasteiger partial charge in [-0.2, -0.15) is 0 Å². The number of fused-ring (bicyclic) bond motifs is 1. The molecule has 0 saturated carbocycles. The number of para-hydroxylation sites is 1. The maximum absolute atomic E-state index is 13.0. The Kier molecular flexibility index (Phi) is 5.93. The lowest BCUT2D eigenvalue weighted by molar-refractivity contribution is 0.0319. The van der Waals surface area contributed by atoms with Crippen molar-refractivity contribution in [1.82, 2.24) is 0 Å². The number of rotatable bonds is 5. The third-order valence-corrected chi connectivity index (χ3v) is 5.40. The molecule has 0 amide bonds. The highest BCUT2D eigenvalue weighted by atomic mass is 35.5. The summed E-state index contributed by atoms with van der Waals surface area (Å²) in [5.74, 6) is -0.765. The second-order valence-corrected chi connectivity index (χ2v) is 7.79. The van der Waals surface area contributed by atoms with Crippen molar-refractivity contribution in [3.05, 3.63) is 105 Å². The van der Waals surface area contributed by atoms with Crippen LogP contribution in [0.5, 0.6) is 0 Å². The predicted molar refractivity (Wildman–Crippen MR) is 123 cm³/mol. The molecule has 1 unspecified atom stereocenters. The second kappa shape index (κ2) is 8.81. The van der Waals surface area contributed by atoms with Crippen LogP contribution in [0.15, 0.2) is 82.0 Å². The number of Topliss-reactive ketones (excluding diaryl/α,β-unsaturated/α-hetero) is 1. The molecule has 3 aromatic carbocycles. The highest BCUT2D eigenvalue weighted by Gasteiger charge is 2.24. The monoisotopic (exact) mass is 446 g/mol. The third-order valence-electron chi connectivity index (χ3n) is 5.16. The van der Waals surface area contributed by atoms with Crippen LogP contribution in [-0.2, 0) is 4.74 Å². The highest BCUT2D eigenvalue weighted by Crippen LogP contribution is 2.28. The van der Waals surface area contributed by atoms with Crippen LogP contribution in [0.3, 0.4) is 0 Å². The number of esters is 1. The van der Waals surface area contributed by atoms with Crippen molar-refractivity contribution < 1.29 is 18.7 Å². The van der Waals surface area contributed by atoms with Gasteiger partial charge in [-0.05, 0) is 38.1 Å². The summed E-state index contributed by atoms with van der Waals surface area (Å²) < 4.78 is 11.5. The molecule has 0 N–H and O–H groups in total. The van der Waals surface area contributed by atoms with Crippen LogP contribution in [0, 0.1) is 6.92 Å². The Labute approximate surface area is 189 Å². The molecule has 0 bridgehead atoms. The zero-order valence-corrected chi connectivity index (χ0v) is 18.2. The number of carbonyl (C=O) groups is 2. The Bertz CT molecular complexity index is 1390. The van der Waals surface area contributed by atoms with E-state index in [9.17, 15) is 14.4 Å². The van der Waals surface area contributed by atoms with Crippen LogP contribution in [0.2, 0.25) is 5.02 Å². The lowest BCUT2D eigenvalue weighted by Gasteiger charge is -2.14. The van der Waals surface area contributed by atoms with Crippen molar-refractivity contribution in [2.75, 3.05) is 0 Å². The van der Waals surface area contributed by atoms with Gasteiger partial charge in [-0.25, -0.2) is 4.79 Å². The fourth-order valence-corrected chi connectivity index (χ4v) is 3.68. The first-order chi connectivity index (χ1) is 15.4. The van der Waals surface area contributed by atoms with Crippen molar-refractivity contribution in [3.8, 4) is 11.3 Å². The molecule has 1 heterocycles. The van der Waals surface area contributed by atoms with Gasteiger partial charge in [0, 0.05) is 21.7 Å². The molecular formula is C26H19ClO5. The Morgan fingerprint density at radius 3 is 2.41 bits per heavy atom. The fraction of sp³-hybridized carbons (Fsp3) is 0.115. The smallest absolute Gasteiger partial charge is 0.342 e. The summed E-state index contributed by atoms with van der Waals surface area (Å²) in [5, 5.41) is 0.680. The van der Waals surface area contributed by atoms with Crippen LogP contribution in [0.1, 0.15) is 33.2 Å². The van der Waals surface area contributed by atoms with Crippen LogP contribution in [0.25, 0.3) is 22.3 Å². The highest BCUT2D eigenvalue weighted by molar-refractivity contribution is 6.31. The molecule has 5 nitrogen and oxygen atoms in total. The van der Waals surface area contributed by atoms with Crippen LogP contribution >= 0.6 is 11.6 Å². The van der Waals surface area contributed by atoms with Gasteiger partial charge in [-0.3, -0.25) is 9.59 Å². The van der Waals surface area contributed by atoms with Crippen molar-refractivity contribution in [1.29, 1.82) is 0 Å². The van der Waals surface area contributed by atoms with E-state index in [-0.39, 0.29) is 27.7 Å². The fourth-order valence-electron chi connectivity index (χ4n) is 3.49. The van der Waals surface area contributed by atoms with Gasteiger partial charge >= 0.3 is 5.97 Å².